The molecule has 1 unspecified atom stereocenters. The zero-order valence-electron chi connectivity index (χ0n) is 14.0. The van der Waals surface area contributed by atoms with Crippen molar-refractivity contribution >= 4 is 34.6 Å². The minimum atomic E-state index is 0.0522. The normalized spacial score (nSPS) is 17.2. The number of benzene rings is 2. The van der Waals surface area contributed by atoms with Gasteiger partial charge in [-0.25, -0.2) is 4.98 Å². The van der Waals surface area contributed by atoms with E-state index >= 15 is 0 Å². The SMILES string of the molecule is Clc1ccc(C2=C(c3ncc[nH]3)CC(CSc3ccccc3)ON2)cc1. The van der Waals surface area contributed by atoms with Crippen LogP contribution in [0.15, 0.2) is 71.9 Å². The van der Waals surface area contributed by atoms with Crippen LogP contribution in [0.25, 0.3) is 11.3 Å². The molecule has 4 nitrogen and oxygen atoms in total. The van der Waals surface area contributed by atoms with Gasteiger partial charge in [-0.1, -0.05) is 41.9 Å². The Kier molecular flexibility index (Phi) is 5.29. The van der Waals surface area contributed by atoms with Gasteiger partial charge in [-0.3, -0.25) is 10.3 Å². The molecule has 0 saturated carbocycles. The highest BCUT2D eigenvalue weighted by Gasteiger charge is 2.25. The molecule has 2 aromatic carbocycles. The van der Waals surface area contributed by atoms with Gasteiger partial charge < -0.3 is 4.98 Å². The van der Waals surface area contributed by atoms with E-state index < -0.39 is 0 Å². The summed E-state index contributed by atoms with van der Waals surface area (Å²) in [7, 11) is 0. The third kappa shape index (κ3) is 3.96. The molecule has 132 valence electrons. The highest BCUT2D eigenvalue weighted by molar-refractivity contribution is 7.99. The van der Waals surface area contributed by atoms with Crippen molar-refractivity contribution in [2.75, 3.05) is 5.75 Å². The molecule has 0 radical (unpaired) electrons. The molecular formula is C20H18ClN3OS. The summed E-state index contributed by atoms with van der Waals surface area (Å²) in [5, 5.41) is 0.711. The third-order valence-corrected chi connectivity index (χ3v) is 5.55. The van der Waals surface area contributed by atoms with E-state index in [1.54, 1.807) is 18.0 Å². The van der Waals surface area contributed by atoms with Crippen LogP contribution in [0, 0.1) is 0 Å². The fourth-order valence-corrected chi connectivity index (χ4v) is 3.91. The summed E-state index contributed by atoms with van der Waals surface area (Å²) in [5.74, 6) is 1.72. The Morgan fingerprint density at radius 3 is 2.65 bits per heavy atom. The first-order valence-electron chi connectivity index (χ1n) is 8.38. The van der Waals surface area contributed by atoms with Gasteiger partial charge in [0.1, 0.15) is 5.82 Å². The third-order valence-electron chi connectivity index (χ3n) is 4.16. The summed E-state index contributed by atoms with van der Waals surface area (Å²) in [6, 6.07) is 18.1. The molecule has 1 aromatic heterocycles. The molecule has 6 heteroatoms. The summed E-state index contributed by atoms with van der Waals surface area (Å²) >= 11 is 7.81. The van der Waals surface area contributed by atoms with Crippen LogP contribution in [0.5, 0.6) is 0 Å². The topological polar surface area (TPSA) is 49.9 Å². The largest absolute Gasteiger partial charge is 0.345 e. The van der Waals surface area contributed by atoms with Gasteiger partial charge in [0, 0.05) is 45.6 Å². The second-order valence-electron chi connectivity index (χ2n) is 5.97. The van der Waals surface area contributed by atoms with Crippen LogP contribution in [-0.4, -0.2) is 21.8 Å². The van der Waals surface area contributed by atoms with Crippen LogP contribution in [0.1, 0.15) is 17.8 Å². The Hall–Kier alpha value is -2.21. The van der Waals surface area contributed by atoms with Crippen LogP contribution < -0.4 is 5.48 Å². The lowest BCUT2D eigenvalue weighted by molar-refractivity contribution is 0.0154. The summed E-state index contributed by atoms with van der Waals surface area (Å²) in [6.07, 6.45) is 4.44. The molecule has 1 atom stereocenters. The maximum atomic E-state index is 6.02. The number of aromatic amines is 1. The molecule has 0 aliphatic carbocycles. The second kappa shape index (κ2) is 7.99. The van der Waals surface area contributed by atoms with E-state index in [0.717, 1.165) is 34.8 Å². The smallest absolute Gasteiger partial charge is 0.135 e. The van der Waals surface area contributed by atoms with Crippen molar-refractivity contribution < 1.29 is 4.84 Å². The van der Waals surface area contributed by atoms with Gasteiger partial charge >= 0.3 is 0 Å². The number of halogens is 1. The Morgan fingerprint density at radius 1 is 1.12 bits per heavy atom. The minimum Gasteiger partial charge on any atom is -0.345 e. The molecule has 0 saturated heterocycles. The van der Waals surface area contributed by atoms with Crippen LogP contribution in [-0.2, 0) is 4.84 Å². The fraction of sp³-hybridized carbons (Fsp3) is 0.150. The summed E-state index contributed by atoms with van der Waals surface area (Å²) in [6.45, 7) is 0. The molecular weight excluding hydrogens is 366 g/mol. The van der Waals surface area contributed by atoms with Crippen molar-refractivity contribution in [1.29, 1.82) is 0 Å². The maximum absolute atomic E-state index is 6.02. The standard InChI is InChI=1S/C20H18ClN3OS/c21-15-8-6-14(7-9-15)19-18(20-22-10-11-23-20)12-16(25-24-19)13-26-17-4-2-1-3-5-17/h1-11,16,24H,12-13H2,(H,22,23). The quantitative estimate of drug-likeness (QED) is 0.607. The predicted octanol–water partition coefficient (Wildman–Crippen LogP) is 5.02. The van der Waals surface area contributed by atoms with Crippen molar-refractivity contribution in [3.63, 3.8) is 0 Å². The lowest BCUT2D eigenvalue weighted by atomic mass is 10.00. The number of imidazole rings is 1. The van der Waals surface area contributed by atoms with E-state index in [1.807, 2.05) is 36.5 Å². The van der Waals surface area contributed by atoms with Gasteiger partial charge in [0.15, 0.2) is 0 Å². The second-order valence-corrected chi connectivity index (χ2v) is 7.50. The fourth-order valence-electron chi connectivity index (χ4n) is 2.87. The summed E-state index contributed by atoms with van der Waals surface area (Å²) in [5.41, 5.74) is 6.21. The molecule has 2 heterocycles. The molecule has 4 rings (SSSR count). The maximum Gasteiger partial charge on any atom is 0.135 e. The first-order chi connectivity index (χ1) is 12.8. The van der Waals surface area contributed by atoms with E-state index in [0.29, 0.717) is 5.02 Å². The van der Waals surface area contributed by atoms with Crippen molar-refractivity contribution in [3.8, 4) is 0 Å². The number of thioether (sulfide) groups is 1. The molecule has 2 N–H and O–H groups in total. The highest BCUT2D eigenvalue weighted by atomic mass is 35.5. The summed E-state index contributed by atoms with van der Waals surface area (Å²) in [4.78, 5) is 14.8. The van der Waals surface area contributed by atoms with Crippen molar-refractivity contribution in [2.24, 2.45) is 0 Å². The van der Waals surface area contributed by atoms with Gasteiger partial charge in [0.05, 0.1) is 11.8 Å². The average molecular weight is 384 g/mol. The lowest BCUT2D eigenvalue weighted by Crippen LogP contribution is -2.31. The molecule has 0 bridgehead atoms. The Morgan fingerprint density at radius 2 is 1.92 bits per heavy atom. The zero-order valence-corrected chi connectivity index (χ0v) is 15.6. The highest BCUT2D eigenvalue weighted by Crippen LogP contribution is 2.33. The molecule has 0 amide bonds. The average Bonchev–Trinajstić information content (AvgIpc) is 3.22. The van der Waals surface area contributed by atoms with Crippen molar-refractivity contribution in [1.82, 2.24) is 15.4 Å². The van der Waals surface area contributed by atoms with Gasteiger partial charge in [0.25, 0.3) is 0 Å². The molecule has 0 spiro atoms. The van der Waals surface area contributed by atoms with Crippen molar-refractivity contribution in [2.45, 2.75) is 17.4 Å². The number of nitrogens with one attached hydrogen (secondary N) is 2. The first-order valence-corrected chi connectivity index (χ1v) is 9.74. The minimum absolute atomic E-state index is 0.0522. The van der Waals surface area contributed by atoms with Crippen LogP contribution in [0.4, 0.5) is 0 Å². The molecule has 3 aromatic rings. The van der Waals surface area contributed by atoms with Crippen LogP contribution in [0.3, 0.4) is 0 Å². The Bertz CT molecular complexity index is 879. The van der Waals surface area contributed by atoms with E-state index in [9.17, 15) is 0 Å². The van der Waals surface area contributed by atoms with Gasteiger partial charge in [-0.05, 0) is 24.3 Å². The van der Waals surface area contributed by atoms with Crippen molar-refractivity contribution in [3.05, 3.63) is 83.4 Å². The number of rotatable bonds is 5. The Labute approximate surface area is 161 Å². The van der Waals surface area contributed by atoms with E-state index in [1.165, 1.54) is 4.90 Å². The molecule has 1 aliphatic heterocycles. The summed E-state index contributed by atoms with van der Waals surface area (Å²) < 4.78 is 0. The number of H-pyrrole nitrogens is 1. The molecule has 1 aliphatic rings. The predicted molar refractivity (Wildman–Crippen MR) is 107 cm³/mol. The van der Waals surface area contributed by atoms with E-state index in [-0.39, 0.29) is 6.10 Å². The lowest BCUT2D eigenvalue weighted by Gasteiger charge is -2.28. The van der Waals surface area contributed by atoms with Gasteiger partial charge in [0.2, 0.25) is 0 Å². The number of aromatic nitrogens is 2. The van der Waals surface area contributed by atoms with Crippen LogP contribution in [0.2, 0.25) is 5.02 Å². The molecule has 0 fully saturated rings. The van der Waals surface area contributed by atoms with E-state index in [4.69, 9.17) is 16.4 Å². The number of nitrogens with zero attached hydrogens (tertiary/aromatic N) is 1. The number of hydroxylamine groups is 1. The van der Waals surface area contributed by atoms with E-state index in [2.05, 4.69) is 39.7 Å². The van der Waals surface area contributed by atoms with Gasteiger partial charge in [-0.2, -0.15) is 0 Å². The number of hydrogen-bond donors (Lipinski definition) is 2. The monoisotopic (exact) mass is 383 g/mol. The zero-order chi connectivity index (χ0) is 17.8. The van der Waals surface area contributed by atoms with Crippen LogP contribution >= 0.6 is 23.4 Å². The Balaban J connectivity index is 1.56. The first kappa shape index (κ1) is 17.2. The number of hydrogen-bond acceptors (Lipinski definition) is 4. The van der Waals surface area contributed by atoms with Gasteiger partial charge in [-0.15, -0.1) is 11.8 Å². The molecule has 26 heavy (non-hydrogen) atoms.